The number of nitrogens with two attached hydrogens (primary N) is 1. The molecule has 2 N–H and O–H groups in total. The molecular formula is C8H12N2OS. The van der Waals surface area contributed by atoms with Crippen LogP contribution in [0.1, 0.15) is 13.8 Å². The van der Waals surface area contributed by atoms with Crippen LogP contribution < -0.4 is 5.73 Å². The smallest absolute Gasteiger partial charge is 0.187 e. The molecule has 0 rings (SSSR count). The van der Waals surface area contributed by atoms with E-state index in [0.717, 1.165) is 0 Å². The second-order valence-corrected chi connectivity index (χ2v) is 3.59. The molecule has 12 heavy (non-hydrogen) atoms. The van der Waals surface area contributed by atoms with E-state index < -0.39 is 0 Å². The van der Waals surface area contributed by atoms with Gasteiger partial charge in [-0.3, -0.25) is 4.79 Å². The fraction of sp³-hybridized carbons (Fsp3) is 0.500. The van der Waals surface area contributed by atoms with Crippen LogP contribution in [0.15, 0.2) is 11.3 Å². The van der Waals surface area contributed by atoms with Crippen molar-refractivity contribution in [2.45, 2.75) is 19.1 Å². The average Bonchev–Trinajstić information content (AvgIpc) is 2.03. The number of nitriles is 1. The SMILES string of the molecule is CSC(C)C(=O)/C(C#N)=C(/C)N. The third-order valence-electron chi connectivity index (χ3n) is 1.48. The molecular weight excluding hydrogens is 172 g/mol. The summed E-state index contributed by atoms with van der Waals surface area (Å²) in [5.74, 6) is -0.190. The van der Waals surface area contributed by atoms with Crippen molar-refractivity contribution in [3.8, 4) is 6.07 Å². The number of allylic oxidation sites excluding steroid dienone is 2. The van der Waals surface area contributed by atoms with E-state index in [4.69, 9.17) is 11.0 Å². The third kappa shape index (κ3) is 2.59. The quantitative estimate of drug-likeness (QED) is 0.526. The zero-order valence-electron chi connectivity index (χ0n) is 7.42. The molecule has 0 fully saturated rings. The molecule has 0 amide bonds. The molecule has 1 atom stereocenters. The number of thioether (sulfide) groups is 1. The van der Waals surface area contributed by atoms with Crippen LogP contribution in [0.3, 0.4) is 0 Å². The van der Waals surface area contributed by atoms with E-state index in [9.17, 15) is 4.79 Å². The Kier molecular flexibility index (Phi) is 4.45. The monoisotopic (exact) mass is 184 g/mol. The lowest BCUT2D eigenvalue weighted by atomic mass is 10.1. The van der Waals surface area contributed by atoms with E-state index in [1.807, 2.05) is 12.3 Å². The number of hydrogen-bond acceptors (Lipinski definition) is 4. The molecule has 0 aliphatic heterocycles. The Balaban J connectivity index is 4.71. The first kappa shape index (κ1) is 11.1. The summed E-state index contributed by atoms with van der Waals surface area (Å²) in [4.78, 5) is 11.4. The number of carbonyl (C=O) groups is 1. The Morgan fingerprint density at radius 2 is 2.17 bits per heavy atom. The van der Waals surface area contributed by atoms with Gasteiger partial charge in [-0.1, -0.05) is 0 Å². The molecule has 3 nitrogen and oxygen atoms in total. The summed E-state index contributed by atoms with van der Waals surface area (Å²) in [6.07, 6.45) is 1.82. The molecule has 66 valence electrons. The number of ketones is 1. The fourth-order valence-corrected chi connectivity index (χ4v) is 0.980. The van der Waals surface area contributed by atoms with Crippen LogP contribution in [0.25, 0.3) is 0 Å². The number of Topliss-reactive ketones (excluding diaryl/α,β-unsaturated/α-hetero) is 1. The Morgan fingerprint density at radius 1 is 1.67 bits per heavy atom. The van der Waals surface area contributed by atoms with Gasteiger partial charge in [-0.25, -0.2) is 0 Å². The second-order valence-electron chi connectivity index (χ2n) is 2.41. The summed E-state index contributed by atoms with van der Waals surface area (Å²) in [6, 6.07) is 1.81. The first-order valence-electron chi connectivity index (χ1n) is 3.48. The van der Waals surface area contributed by atoms with Crippen molar-refractivity contribution in [3.05, 3.63) is 11.3 Å². The van der Waals surface area contributed by atoms with E-state index in [1.165, 1.54) is 11.8 Å². The fourth-order valence-electron chi connectivity index (χ4n) is 0.648. The molecule has 0 heterocycles. The maximum Gasteiger partial charge on any atom is 0.187 e. The first-order chi connectivity index (χ1) is 5.54. The molecule has 4 heteroatoms. The van der Waals surface area contributed by atoms with E-state index in [2.05, 4.69) is 0 Å². The van der Waals surface area contributed by atoms with Gasteiger partial charge in [0.05, 0.1) is 5.25 Å². The van der Waals surface area contributed by atoms with Gasteiger partial charge in [-0.15, -0.1) is 0 Å². The molecule has 0 saturated carbocycles. The van der Waals surface area contributed by atoms with Crippen LogP contribution in [-0.2, 0) is 4.79 Å². The van der Waals surface area contributed by atoms with E-state index in [-0.39, 0.29) is 16.6 Å². The highest BCUT2D eigenvalue weighted by molar-refractivity contribution is 7.99. The number of carbonyl (C=O) groups excluding carboxylic acids is 1. The third-order valence-corrected chi connectivity index (χ3v) is 2.40. The Hall–Kier alpha value is -0.950. The zero-order chi connectivity index (χ0) is 9.72. The van der Waals surface area contributed by atoms with Crippen LogP contribution in [0.2, 0.25) is 0 Å². The molecule has 0 aliphatic carbocycles. The van der Waals surface area contributed by atoms with Crippen LogP contribution in [0.4, 0.5) is 0 Å². The first-order valence-corrected chi connectivity index (χ1v) is 4.76. The topological polar surface area (TPSA) is 66.9 Å². The Morgan fingerprint density at radius 3 is 2.42 bits per heavy atom. The highest BCUT2D eigenvalue weighted by Gasteiger charge is 2.17. The van der Waals surface area contributed by atoms with Gasteiger partial charge in [0.25, 0.3) is 0 Å². The Bertz CT molecular complexity index is 248. The van der Waals surface area contributed by atoms with E-state index >= 15 is 0 Å². The summed E-state index contributed by atoms with van der Waals surface area (Å²) >= 11 is 1.40. The van der Waals surface area contributed by atoms with Gasteiger partial charge >= 0.3 is 0 Å². The predicted octanol–water partition coefficient (Wildman–Crippen LogP) is 1.06. The van der Waals surface area contributed by atoms with Crippen molar-refractivity contribution in [2.24, 2.45) is 5.73 Å². The van der Waals surface area contributed by atoms with Gasteiger partial charge in [0.2, 0.25) is 0 Å². The van der Waals surface area contributed by atoms with Gasteiger partial charge in [0.1, 0.15) is 11.6 Å². The molecule has 0 aromatic rings. The van der Waals surface area contributed by atoms with Crippen molar-refractivity contribution in [3.63, 3.8) is 0 Å². The summed E-state index contributed by atoms with van der Waals surface area (Å²) < 4.78 is 0. The molecule has 1 unspecified atom stereocenters. The lowest BCUT2D eigenvalue weighted by Gasteiger charge is -2.05. The standard InChI is InChI=1S/C8H12N2OS/c1-5(10)7(4-9)8(11)6(2)12-3/h6H,10H2,1-3H3/b7-5-. The van der Waals surface area contributed by atoms with Crippen molar-refractivity contribution < 1.29 is 4.79 Å². The van der Waals surface area contributed by atoms with Gasteiger partial charge < -0.3 is 5.73 Å². The summed E-state index contributed by atoms with van der Waals surface area (Å²) in [7, 11) is 0. The highest BCUT2D eigenvalue weighted by atomic mass is 32.2. The molecule has 0 saturated heterocycles. The van der Waals surface area contributed by atoms with Crippen LogP contribution in [0.5, 0.6) is 0 Å². The lowest BCUT2D eigenvalue weighted by Crippen LogP contribution is -2.17. The highest BCUT2D eigenvalue weighted by Crippen LogP contribution is 2.12. The number of hydrogen-bond donors (Lipinski definition) is 1. The largest absolute Gasteiger partial charge is 0.401 e. The molecule has 0 aliphatic rings. The molecule has 0 aromatic carbocycles. The lowest BCUT2D eigenvalue weighted by molar-refractivity contribution is -0.114. The normalized spacial score (nSPS) is 14.5. The van der Waals surface area contributed by atoms with Crippen molar-refractivity contribution in [2.75, 3.05) is 6.26 Å². The summed E-state index contributed by atoms with van der Waals surface area (Å²) in [5, 5.41) is 8.40. The second kappa shape index (κ2) is 4.83. The summed E-state index contributed by atoms with van der Waals surface area (Å²) in [5.41, 5.74) is 5.74. The van der Waals surface area contributed by atoms with Gasteiger partial charge in [0.15, 0.2) is 5.78 Å². The minimum absolute atomic E-state index is 0.0804. The van der Waals surface area contributed by atoms with Gasteiger partial charge in [0, 0.05) is 5.70 Å². The van der Waals surface area contributed by atoms with E-state index in [0.29, 0.717) is 5.70 Å². The average molecular weight is 184 g/mol. The minimum atomic E-state index is -0.196. The van der Waals surface area contributed by atoms with Crippen molar-refractivity contribution >= 4 is 17.5 Å². The Labute approximate surface area is 76.6 Å². The maximum atomic E-state index is 11.4. The van der Waals surface area contributed by atoms with Crippen molar-refractivity contribution in [1.82, 2.24) is 0 Å². The molecule has 0 radical (unpaired) electrons. The van der Waals surface area contributed by atoms with Gasteiger partial charge in [-0.05, 0) is 20.1 Å². The molecule has 0 aromatic heterocycles. The van der Waals surface area contributed by atoms with Gasteiger partial charge in [-0.2, -0.15) is 17.0 Å². The minimum Gasteiger partial charge on any atom is -0.401 e. The summed E-state index contributed by atoms with van der Waals surface area (Å²) in [6.45, 7) is 3.32. The predicted molar refractivity (Wildman–Crippen MR) is 50.5 cm³/mol. The van der Waals surface area contributed by atoms with E-state index in [1.54, 1.807) is 13.8 Å². The molecule has 0 spiro atoms. The number of rotatable bonds is 3. The number of nitrogens with zero attached hydrogens (tertiary/aromatic N) is 1. The van der Waals surface area contributed by atoms with Crippen LogP contribution in [0, 0.1) is 11.3 Å². The maximum absolute atomic E-state index is 11.4. The van der Waals surface area contributed by atoms with Crippen molar-refractivity contribution in [1.29, 1.82) is 5.26 Å². The zero-order valence-corrected chi connectivity index (χ0v) is 8.23. The van der Waals surface area contributed by atoms with Crippen LogP contribution in [-0.4, -0.2) is 17.3 Å². The molecule has 0 bridgehead atoms. The van der Waals surface area contributed by atoms with Crippen LogP contribution >= 0.6 is 11.8 Å².